The van der Waals surface area contributed by atoms with E-state index in [9.17, 15) is 5.21 Å². The van der Waals surface area contributed by atoms with Crippen LogP contribution in [0.15, 0.2) is 53.7 Å². The first-order chi connectivity index (χ1) is 9.78. The Hall–Kier alpha value is -2.40. The predicted octanol–water partition coefficient (Wildman–Crippen LogP) is 2.96. The monoisotopic (exact) mass is 286 g/mol. The zero-order chi connectivity index (χ0) is 13.9. The Balaban J connectivity index is 1.94. The summed E-state index contributed by atoms with van der Waals surface area (Å²) in [6.45, 7) is 0.332. The van der Waals surface area contributed by atoms with Gasteiger partial charge in [-0.05, 0) is 24.3 Å². The minimum Gasteiger partial charge on any atom is -0.411 e. The van der Waals surface area contributed by atoms with E-state index < -0.39 is 0 Å². The Kier molecular flexibility index (Phi) is 3.35. The summed E-state index contributed by atoms with van der Waals surface area (Å²) in [7, 11) is 0. The van der Waals surface area contributed by atoms with Gasteiger partial charge in [0, 0.05) is 10.6 Å². The second-order valence-corrected chi connectivity index (χ2v) is 4.73. The number of hydrogen-bond donors (Lipinski definition) is 1. The van der Waals surface area contributed by atoms with Crippen molar-refractivity contribution in [2.45, 2.75) is 6.54 Å². The van der Waals surface area contributed by atoms with Crippen LogP contribution in [0.1, 0.15) is 5.56 Å². The van der Waals surface area contributed by atoms with Gasteiger partial charge in [0.1, 0.15) is 11.2 Å². The second-order valence-electron chi connectivity index (χ2n) is 4.29. The van der Waals surface area contributed by atoms with Crippen molar-refractivity contribution in [3.8, 4) is 0 Å². The van der Waals surface area contributed by atoms with Crippen molar-refractivity contribution >= 4 is 28.3 Å². The minimum atomic E-state index is 0.332. The quantitative estimate of drug-likeness (QED) is 0.457. The summed E-state index contributed by atoms with van der Waals surface area (Å²) in [5.41, 5.74) is 2.98. The van der Waals surface area contributed by atoms with E-state index in [0.717, 1.165) is 16.6 Å². The molecule has 0 amide bonds. The van der Waals surface area contributed by atoms with E-state index in [4.69, 9.17) is 11.6 Å². The van der Waals surface area contributed by atoms with Gasteiger partial charge < -0.3 is 5.21 Å². The van der Waals surface area contributed by atoms with E-state index in [-0.39, 0.29) is 0 Å². The van der Waals surface area contributed by atoms with Gasteiger partial charge in [0.05, 0.1) is 12.1 Å². The molecule has 0 aliphatic rings. The fourth-order valence-corrected chi connectivity index (χ4v) is 2.12. The molecule has 0 unspecified atom stereocenters. The number of fused-ring (bicyclic) bond motifs is 1. The van der Waals surface area contributed by atoms with Crippen molar-refractivity contribution in [1.29, 1.82) is 0 Å². The number of aromatic nitrogens is 3. The standard InChI is InChI=1S/C14H11ClN4O/c15-11-7-5-10(6-8-11)13(17-20)9-19-14-4-2-1-3-12(14)16-18-19/h1-8,20H,9H2/b17-13+. The largest absolute Gasteiger partial charge is 0.411 e. The van der Waals surface area contributed by atoms with Gasteiger partial charge in [0.25, 0.3) is 0 Å². The topological polar surface area (TPSA) is 63.3 Å². The molecule has 0 aliphatic heterocycles. The number of para-hydroxylation sites is 1. The van der Waals surface area contributed by atoms with Gasteiger partial charge >= 0.3 is 0 Å². The number of rotatable bonds is 3. The Bertz CT molecular complexity index is 764. The van der Waals surface area contributed by atoms with Crippen molar-refractivity contribution in [2.24, 2.45) is 5.16 Å². The molecule has 2 aromatic carbocycles. The van der Waals surface area contributed by atoms with E-state index >= 15 is 0 Å². The number of nitrogens with zero attached hydrogens (tertiary/aromatic N) is 4. The SMILES string of the molecule is O/N=C(\Cn1nnc2ccccc21)c1ccc(Cl)cc1. The lowest BCUT2D eigenvalue weighted by atomic mass is 10.1. The number of hydrogen-bond acceptors (Lipinski definition) is 4. The van der Waals surface area contributed by atoms with Gasteiger partial charge in [-0.2, -0.15) is 0 Å². The number of benzene rings is 2. The first-order valence-electron chi connectivity index (χ1n) is 6.03. The van der Waals surface area contributed by atoms with E-state index in [1.165, 1.54) is 0 Å². The highest BCUT2D eigenvalue weighted by Gasteiger charge is 2.09. The van der Waals surface area contributed by atoms with Crippen molar-refractivity contribution in [2.75, 3.05) is 0 Å². The Morgan fingerprint density at radius 3 is 2.65 bits per heavy atom. The zero-order valence-corrected chi connectivity index (χ0v) is 11.2. The molecule has 1 N–H and O–H groups in total. The molecule has 0 bridgehead atoms. The van der Waals surface area contributed by atoms with Crippen LogP contribution in [0.4, 0.5) is 0 Å². The Morgan fingerprint density at radius 2 is 1.90 bits per heavy atom. The first-order valence-corrected chi connectivity index (χ1v) is 6.41. The van der Waals surface area contributed by atoms with E-state index in [0.29, 0.717) is 17.3 Å². The van der Waals surface area contributed by atoms with Gasteiger partial charge in [0.15, 0.2) is 0 Å². The van der Waals surface area contributed by atoms with Crippen molar-refractivity contribution < 1.29 is 5.21 Å². The molecule has 0 saturated heterocycles. The van der Waals surface area contributed by atoms with E-state index in [1.807, 2.05) is 24.3 Å². The first kappa shape index (κ1) is 12.6. The fraction of sp³-hybridized carbons (Fsp3) is 0.0714. The smallest absolute Gasteiger partial charge is 0.113 e. The molecule has 0 fully saturated rings. The van der Waals surface area contributed by atoms with Gasteiger partial charge in [-0.15, -0.1) is 5.10 Å². The number of oxime groups is 1. The summed E-state index contributed by atoms with van der Waals surface area (Å²) < 4.78 is 1.69. The molecule has 1 aromatic heterocycles. The third-order valence-electron chi connectivity index (χ3n) is 3.02. The maximum Gasteiger partial charge on any atom is 0.113 e. The van der Waals surface area contributed by atoms with Crippen molar-refractivity contribution in [1.82, 2.24) is 15.0 Å². The van der Waals surface area contributed by atoms with E-state index in [2.05, 4.69) is 15.5 Å². The average Bonchev–Trinajstić information content (AvgIpc) is 2.89. The van der Waals surface area contributed by atoms with Crippen molar-refractivity contribution in [3.63, 3.8) is 0 Å². The zero-order valence-electron chi connectivity index (χ0n) is 10.4. The van der Waals surface area contributed by atoms with Crippen LogP contribution >= 0.6 is 11.6 Å². The molecule has 3 rings (SSSR count). The average molecular weight is 287 g/mol. The summed E-state index contributed by atoms with van der Waals surface area (Å²) in [4.78, 5) is 0. The summed E-state index contributed by atoms with van der Waals surface area (Å²) in [6.07, 6.45) is 0. The number of halogens is 1. The Labute approximate surface area is 120 Å². The molecule has 100 valence electrons. The van der Waals surface area contributed by atoms with Crippen LogP contribution in [-0.4, -0.2) is 25.9 Å². The van der Waals surface area contributed by atoms with Gasteiger partial charge in [-0.3, -0.25) is 0 Å². The molecular formula is C14H11ClN4O. The molecule has 20 heavy (non-hydrogen) atoms. The van der Waals surface area contributed by atoms with Crippen LogP contribution in [-0.2, 0) is 6.54 Å². The molecule has 0 aliphatic carbocycles. The molecule has 0 saturated carbocycles. The second kappa shape index (κ2) is 5.30. The molecule has 0 atom stereocenters. The molecule has 6 heteroatoms. The van der Waals surface area contributed by atoms with Crippen LogP contribution in [0.5, 0.6) is 0 Å². The summed E-state index contributed by atoms with van der Waals surface area (Å²) in [5, 5.41) is 21.3. The van der Waals surface area contributed by atoms with E-state index in [1.54, 1.807) is 28.9 Å². The van der Waals surface area contributed by atoms with Gasteiger partial charge in [0.2, 0.25) is 0 Å². The lowest BCUT2D eigenvalue weighted by molar-refractivity contribution is 0.317. The minimum absolute atomic E-state index is 0.332. The van der Waals surface area contributed by atoms with Crippen LogP contribution < -0.4 is 0 Å². The Morgan fingerprint density at radius 1 is 1.15 bits per heavy atom. The fourth-order valence-electron chi connectivity index (χ4n) is 2.00. The molecular weight excluding hydrogens is 276 g/mol. The molecule has 0 spiro atoms. The normalized spacial score (nSPS) is 11.9. The van der Waals surface area contributed by atoms with Crippen LogP contribution in [0.25, 0.3) is 11.0 Å². The maximum atomic E-state index is 9.21. The predicted molar refractivity (Wildman–Crippen MR) is 77.3 cm³/mol. The molecule has 0 radical (unpaired) electrons. The summed E-state index contributed by atoms with van der Waals surface area (Å²) >= 11 is 5.85. The third kappa shape index (κ3) is 2.35. The highest BCUT2D eigenvalue weighted by molar-refractivity contribution is 6.30. The lowest BCUT2D eigenvalue weighted by Gasteiger charge is -2.05. The van der Waals surface area contributed by atoms with Crippen LogP contribution in [0.2, 0.25) is 5.02 Å². The molecule has 3 aromatic rings. The van der Waals surface area contributed by atoms with Crippen molar-refractivity contribution in [3.05, 3.63) is 59.1 Å². The summed E-state index contributed by atoms with van der Waals surface area (Å²) in [6, 6.07) is 14.7. The van der Waals surface area contributed by atoms with Gasteiger partial charge in [-0.1, -0.05) is 46.2 Å². The maximum absolute atomic E-state index is 9.21. The lowest BCUT2D eigenvalue weighted by Crippen LogP contribution is -2.13. The summed E-state index contributed by atoms with van der Waals surface area (Å²) in [5.74, 6) is 0. The third-order valence-corrected chi connectivity index (χ3v) is 3.27. The highest BCUT2D eigenvalue weighted by Crippen LogP contribution is 2.14. The highest BCUT2D eigenvalue weighted by atomic mass is 35.5. The molecule has 5 nitrogen and oxygen atoms in total. The van der Waals surface area contributed by atoms with Gasteiger partial charge in [-0.25, -0.2) is 4.68 Å². The molecule has 1 heterocycles. The van der Waals surface area contributed by atoms with Crippen LogP contribution in [0.3, 0.4) is 0 Å². The van der Waals surface area contributed by atoms with Crippen LogP contribution in [0, 0.1) is 0 Å².